The minimum absolute atomic E-state index is 0.111. The third-order valence-corrected chi connectivity index (χ3v) is 6.29. The maximum absolute atomic E-state index is 13.4. The third kappa shape index (κ3) is 4.28. The van der Waals surface area contributed by atoms with E-state index in [1.165, 1.54) is 6.42 Å². The van der Waals surface area contributed by atoms with Crippen LogP contribution in [0.3, 0.4) is 0 Å². The van der Waals surface area contributed by atoms with Gasteiger partial charge in [0.25, 0.3) is 0 Å². The molecule has 0 spiro atoms. The van der Waals surface area contributed by atoms with E-state index in [-0.39, 0.29) is 19.5 Å². The highest BCUT2D eigenvalue weighted by atomic mass is 16.7. The first kappa shape index (κ1) is 20.0. The van der Waals surface area contributed by atoms with Crippen LogP contribution in [-0.4, -0.2) is 55.0 Å². The zero-order chi connectivity index (χ0) is 21.2. The fourth-order valence-corrected chi connectivity index (χ4v) is 4.62. The van der Waals surface area contributed by atoms with Crippen LogP contribution >= 0.6 is 0 Å². The number of carbonyl (C=O) groups excluding carboxylic acids is 1. The SMILES string of the molecule is CCN1CCC[C@@H]1CN(Cc1ccc2c(c1)OCO2)C(=O)Cc1ccc2c(c1)OCO2. The second kappa shape index (κ2) is 8.67. The van der Waals surface area contributed by atoms with Crippen molar-refractivity contribution in [2.24, 2.45) is 0 Å². The standard InChI is InChI=1S/C24H28N2O5/c1-2-25-9-3-4-19(25)14-26(13-18-6-8-21-23(11-18)31-16-29-21)24(27)12-17-5-7-20-22(10-17)30-15-28-20/h5-8,10-11,19H,2-4,9,12-16H2,1H3/t19-/m1/s1. The average molecular weight is 424 g/mol. The lowest BCUT2D eigenvalue weighted by Crippen LogP contribution is -2.43. The van der Waals surface area contributed by atoms with Gasteiger partial charge in [0.05, 0.1) is 6.42 Å². The van der Waals surface area contributed by atoms with Gasteiger partial charge in [-0.25, -0.2) is 0 Å². The van der Waals surface area contributed by atoms with Gasteiger partial charge in [-0.15, -0.1) is 0 Å². The quantitative estimate of drug-likeness (QED) is 0.680. The average Bonchev–Trinajstić information content (AvgIpc) is 3.52. The molecule has 3 aliphatic rings. The molecule has 3 heterocycles. The molecule has 0 N–H and O–H groups in total. The van der Waals surface area contributed by atoms with Crippen LogP contribution in [0.1, 0.15) is 30.9 Å². The van der Waals surface area contributed by atoms with Crippen molar-refractivity contribution >= 4 is 5.91 Å². The van der Waals surface area contributed by atoms with Crippen molar-refractivity contribution in [3.05, 3.63) is 47.5 Å². The van der Waals surface area contributed by atoms with Crippen LogP contribution in [0.4, 0.5) is 0 Å². The van der Waals surface area contributed by atoms with E-state index in [2.05, 4.69) is 11.8 Å². The van der Waals surface area contributed by atoms with Gasteiger partial charge >= 0.3 is 0 Å². The smallest absolute Gasteiger partial charge is 0.231 e. The molecule has 2 aromatic carbocycles. The number of carbonyl (C=O) groups is 1. The van der Waals surface area contributed by atoms with Crippen LogP contribution in [0.25, 0.3) is 0 Å². The Kier molecular flexibility index (Phi) is 5.59. The number of fused-ring (bicyclic) bond motifs is 2. The van der Waals surface area contributed by atoms with Crippen molar-refractivity contribution in [3.8, 4) is 23.0 Å². The Morgan fingerprint density at radius 3 is 2.32 bits per heavy atom. The normalized spacial score (nSPS) is 19.1. The van der Waals surface area contributed by atoms with Gasteiger partial charge in [-0.05, 0) is 61.3 Å². The van der Waals surface area contributed by atoms with E-state index in [9.17, 15) is 4.79 Å². The first-order valence-corrected chi connectivity index (χ1v) is 11.0. The Balaban J connectivity index is 1.34. The summed E-state index contributed by atoms with van der Waals surface area (Å²) in [7, 11) is 0. The van der Waals surface area contributed by atoms with Crippen LogP contribution in [0.15, 0.2) is 36.4 Å². The van der Waals surface area contributed by atoms with Crippen LogP contribution < -0.4 is 18.9 Å². The number of benzene rings is 2. The van der Waals surface area contributed by atoms with Gasteiger partial charge < -0.3 is 23.8 Å². The molecule has 1 amide bonds. The molecule has 1 fully saturated rings. The topological polar surface area (TPSA) is 60.5 Å². The van der Waals surface area contributed by atoms with Gasteiger partial charge in [-0.3, -0.25) is 9.69 Å². The Morgan fingerprint density at radius 2 is 1.61 bits per heavy atom. The first-order valence-electron chi connectivity index (χ1n) is 11.0. The van der Waals surface area contributed by atoms with Crippen LogP contribution in [-0.2, 0) is 17.8 Å². The summed E-state index contributed by atoms with van der Waals surface area (Å²) in [5.74, 6) is 3.06. The molecule has 3 aliphatic heterocycles. The van der Waals surface area contributed by atoms with Crippen molar-refractivity contribution in [3.63, 3.8) is 0 Å². The fourth-order valence-electron chi connectivity index (χ4n) is 4.62. The number of hydrogen-bond acceptors (Lipinski definition) is 6. The predicted octanol–water partition coefficient (Wildman–Crippen LogP) is 3.20. The summed E-state index contributed by atoms with van der Waals surface area (Å²) in [6.45, 7) is 6.07. The van der Waals surface area contributed by atoms with Crippen LogP contribution in [0.2, 0.25) is 0 Å². The summed E-state index contributed by atoms with van der Waals surface area (Å²) in [6.07, 6.45) is 2.65. The number of nitrogens with zero attached hydrogens (tertiary/aromatic N) is 2. The van der Waals surface area contributed by atoms with Gasteiger partial charge in [0.15, 0.2) is 23.0 Å². The maximum Gasteiger partial charge on any atom is 0.231 e. The van der Waals surface area contributed by atoms with Gasteiger partial charge in [0.2, 0.25) is 19.5 Å². The number of likely N-dealkylation sites (N-methyl/N-ethyl adjacent to an activating group) is 1. The number of hydrogen-bond donors (Lipinski definition) is 0. The Hall–Kier alpha value is -2.93. The van der Waals surface area contributed by atoms with Crippen molar-refractivity contribution in [2.75, 3.05) is 33.2 Å². The van der Waals surface area contributed by atoms with E-state index < -0.39 is 0 Å². The lowest BCUT2D eigenvalue weighted by Gasteiger charge is -2.30. The maximum atomic E-state index is 13.4. The molecule has 1 atom stereocenters. The molecule has 7 nitrogen and oxygen atoms in total. The lowest BCUT2D eigenvalue weighted by molar-refractivity contribution is -0.131. The van der Waals surface area contributed by atoms with Crippen molar-refractivity contribution in [2.45, 2.75) is 38.8 Å². The molecular formula is C24H28N2O5. The second-order valence-corrected chi connectivity index (χ2v) is 8.25. The molecule has 31 heavy (non-hydrogen) atoms. The lowest BCUT2D eigenvalue weighted by atomic mass is 10.1. The van der Waals surface area contributed by atoms with Crippen LogP contribution in [0, 0.1) is 0 Å². The van der Waals surface area contributed by atoms with Crippen LogP contribution in [0.5, 0.6) is 23.0 Å². The minimum Gasteiger partial charge on any atom is -0.454 e. The molecule has 7 heteroatoms. The van der Waals surface area contributed by atoms with E-state index in [0.717, 1.165) is 54.4 Å². The summed E-state index contributed by atoms with van der Waals surface area (Å²) in [5, 5.41) is 0. The molecule has 164 valence electrons. The third-order valence-electron chi connectivity index (χ3n) is 6.29. The van der Waals surface area contributed by atoms with E-state index in [1.54, 1.807) is 0 Å². The highest BCUT2D eigenvalue weighted by Gasteiger charge is 2.28. The zero-order valence-electron chi connectivity index (χ0n) is 17.8. The largest absolute Gasteiger partial charge is 0.454 e. The van der Waals surface area contributed by atoms with E-state index in [0.29, 0.717) is 24.8 Å². The summed E-state index contributed by atoms with van der Waals surface area (Å²) < 4.78 is 21.8. The minimum atomic E-state index is 0.111. The molecule has 1 saturated heterocycles. The molecule has 0 radical (unpaired) electrons. The molecule has 0 aromatic heterocycles. The molecule has 5 rings (SSSR count). The Bertz CT molecular complexity index is 963. The van der Waals surface area contributed by atoms with Crippen molar-refractivity contribution in [1.82, 2.24) is 9.80 Å². The highest BCUT2D eigenvalue weighted by molar-refractivity contribution is 5.79. The first-order chi connectivity index (χ1) is 15.2. The number of amides is 1. The van der Waals surface area contributed by atoms with E-state index >= 15 is 0 Å². The van der Waals surface area contributed by atoms with E-state index in [4.69, 9.17) is 18.9 Å². The molecule has 0 bridgehead atoms. The summed E-state index contributed by atoms with van der Waals surface area (Å²) >= 11 is 0. The summed E-state index contributed by atoms with van der Waals surface area (Å²) in [5.41, 5.74) is 1.98. The van der Waals surface area contributed by atoms with Crippen molar-refractivity contribution < 1.29 is 23.7 Å². The molecule has 0 unspecified atom stereocenters. The second-order valence-electron chi connectivity index (χ2n) is 8.25. The molecule has 2 aromatic rings. The number of rotatable bonds is 7. The highest BCUT2D eigenvalue weighted by Crippen LogP contribution is 2.34. The number of ether oxygens (including phenoxy) is 4. The number of likely N-dealkylation sites (tertiary alicyclic amines) is 1. The van der Waals surface area contributed by atoms with Gasteiger partial charge in [-0.1, -0.05) is 19.1 Å². The monoisotopic (exact) mass is 424 g/mol. The Labute approximate surface area is 182 Å². The molecular weight excluding hydrogens is 396 g/mol. The van der Waals surface area contributed by atoms with E-state index in [1.807, 2.05) is 41.3 Å². The van der Waals surface area contributed by atoms with Gasteiger partial charge in [0.1, 0.15) is 0 Å². The van der Waals surface area contributed by atoms with Gasteiger partial charge in [-0.2, -0.15) is 0 Å². The Morgan fingerprint density at radius 1 is 0.968 bits per heavy atom. The molecule has 0 saturated carbocycles. The van der Waals surface area contributed by atoms with Gasteiger partial charge in [0, 0.05) is 19.1 Å². The molecule has 0 aliphatic carbocycles. The predicted molar refractivity (Wildman–Crippen MR) is 115 cm³/mol. The zero-order valence-corrected chi connectivity index (χ0v) is 17.8. The summed E-state index contributed by atoms with van der Waals surface area (Å²) in [6, 6.07) is 12.1. The summed E-state index contributed by atoms with van der Waals surface area (Å²) in [4.78, 5) is 17.9. The van der Waals surface area contributed by atoms with Crippen molar-refractivity contribution in [1.29, 1.82) is 0 Å². The fraction of sp³-hybridized carbons (Fsp3) is 0.458.